The number of hydrogen-bond acceptors (Lipinski definition) is 5. The van der Waals surface area contributed by atoms with E-state index in [1.807, 2.05) is 18.2 Å². The molecule has 2 aliphatic rings. The topological polar surface area (TPSA) is 53.0 Å². The highest BCUT2D eigenvalue weighted by Gasteiger charge is 2.29. The van der Waals surface area contributed by atoms with Gasteiger partial charge in [0.15, 0.2) is 0 Å². The van der Waals surface area contributed by atoms with Crippen LogP contribution < -0.4 is 0 Å². The van der Waals surface area contributed by atoms with E-state index >= 15 is 0 Å². The molecule has 3 heterocycles. The Hall–Kier alpha value is -1.89. The number of ether oxygens (including phenoxy) is 1. The minimum Gasteiger partial charge on any atom is -0.447 e. The summed E-state index contributed by atoms with van der Waals surface area (Å²) in [6, 6.07) is 12.5. The molecule has 2 aromatic rings. The summed E-state index contributed by atoms with van der Waals surface area (Å²) in [6.07, 6.45) is 1.02. The fourth-order valence-corrected chi connectivity index (χ4v) is 4.95. The van der Waals surface area contributed by atoms with Gasteiger partial charge in [0, 0.05) is 43.5 Å². The average molecular weight is 387 g/mol. The number of aliphatic hydroxyl groups is 1. The molecule has 6 heteroatoms. The SMILES string of the molecule is O=C(OCC(O)CN1CCc2ccsc2C1)N1CCC(c2ccccc2)C1. The minimum atomic E-state index is -0.650. The summed E-state index contributed by atoms with van der Waals surface area (Å²) in [4.78, 5) is 17.7. The minimum absolute atomic E-state index is 0.0547. The smallest absolute Gasteiger partial charge is 0.409 e. The Bertz CT molecular complexity index is 764. The van der Waals surface area contributed by atoms with E-state index in [9.17, 15) is 9.90 Å². The highest BCUT2D eigenvalue weighted by atomic mass is 32.1. The monoisotopic (exact) mass is 386 g/mol. The number of hydrogen-bond donors (Lipinski definition) is 1. The molecular formula is C21H26N2O3S. The number of β-amino-alcohol motifs (C(OH)–C–C–N with tert-alkyl or cyclic N) is 1. The zero-order valence-corrected chi connectivity index (χ0v) is 16.2. The fraction of sp³-hybridized carbons (Fsp3) is 0.476. The molecule has 0 radical (unpaired) electrons. The van der Waals surface area contributed by atoms with Crippen molar-refractivity contribution in [3.05, 3.63) is 57.8 Å². The number of carbonyl (C=O) groups excluding carboxylic acids is 1. The second kappa shape index (κ2) is 8.42. The van der Waals surface area contributed by atoms with Crippen molar-refractivity contribution in [2.75, 3.05) is 32.8 Å². The van der Waals surface area contributed by atoms with Gasteiger partial charge in [-0.25, -0.2) is 4.79 Å². The van der Waals surface area contributed by atoms with Crippen molar-refractivity contribution in [3.8, 4) is 0 Å². The van der Waals surface area contributed by atoms with Crippen LogP contribution in [0.2, 0.25) is 0 Å². The molecule has 1 fully saturated rings. The van der Waals surface area contributed by atoms with Crippen LogP contribution in [0.4, 0.5) is 4.79 Å². The van der Waals surface area contributed by atoms with Gasteiger partial charge >= 0.3 is 6.09 Å². The number of likely N-dealkylation sites (tertiary alicyclic amines) is 1. The Labute approximate surface area is 164 Å². The third-order valence-electron chi connectivity index (χ3n) is 5.49. The number of fused-ring (bicyclic) bond motifs is 1. The molecule has 1 N–H and O–H groups in total. The summed E-state index contributed by atoms with van der Waals surface area (Å²) in [6.45, 7) is 3.81. The maximum atomic E-state index is 12.3. The van der Waals surface area contributed by atoms with Gasteiger partial charge in [-0.05, 0) is 35.4 Å². The van der Waals surface area contributed by atoms with Gasteiger partial charge in [0.05, 0.1) is 0 Å². The molecule has 1 aromatic heterocycles. The Morgan fingerprint density at radius 2 is 2.11 bits per heavy atom. The molecule has 0 saturated carbocycles. The lowest BCUT2D eigenvalue weighted by molar-refractivity contribution is 0.0298. The van der Waals surface area contributed by atoms with Crippen molar-refractivity contribution in [1.29, 1.82) is 0 Å². The molecule has 4 rings (SSSR count). The van der Waals surface area contributed by atoms with E-state index in [2.05, 4.69) is 28.5 Å². The standard InChI is InChI=1S/C21H26N2O3S/c24-19(13-22-9-6-17-8-11-27-20(17)14-22)15-26-21(25)23-10-7-18(12-23)16-4-2-1-3-5-16/h1-5,8,11,18-19,24H,6-7,9-10,12-15H2. The van der Waals surface area contributed by atoms with Crippen LogP contribution >= 0.6 is 11.3 Å². The summed E-state index contributed by atoms with van der Waals surface area (Å²) in [5, 5.41) is 12.4. The van der Waals surface area contributed by atoms with Crippen LogP contribution in [-0.2, 0) is 17.7 Å². The van der Waals surface area contributed by atoms with Crippen molar-refractivity contribution >= 4 is 17.4 Å². The van der Waals surface area contributed by atoms with E-state index in [0.717, 1.165) is 25.9 Å². The number of carbonyl (C=O) groups is 1. The first kappa shape index (κ1) is 18.5. The second-order valence-electron chi connectivity index (χ2n) is 7.43. The van der Waals surface area contributed by atoms with Crippen LogP contribution in [0.5, 0.6) is 0 Å². The van der Waals surface area contributed by atoms with Crippen molar-refractivity contribution in [1.82, 2.24) is 9.80 Å². The first-order valence-electron chi connectivity index (χ1n) is 9.61. The molecule has 27 heavy (non-hydrogen) atoms. The van der Waals surface area contributed by atoms with Crippen molar-refractivity contribution in [2.45, 2.75) is 31.4 Å². The number of aliphatic hydroxyl groups excluding tert-OH is 1. The zero-order valence-electron chi connectivity index (χ0n) is 15.4. The maximum absolute atomic E-state index is 12.3. The van der Waals surface area contributed by atoms with Crippen LogP contribution in [0, 0.1) is 0 Å². The summed E-state index contributed by atoms with van der Waals surface area (Å²) >= 11 is 1.77. The number of benzene rings is 1. The summed E-state index contributed by atoms with van der Waals surface area (Å²) in [5.41, 5.74) is 2.70. The van der Waals surface area contributed by atoms with Crippen molar-refractivity contribution in [3.63, 3.8) is 0 Å². The molecule has 2 aliphatic heterocycles. The second-order valence-corrected chi connectivity index (χ2v) is 8.43. The fourth-order valence-electron chi connectivity index (χ4n) is 3.98. The molecule has 1 amide bonds. The van der Waals surface area contributed by atoms with E-state index in [-0.39, 0.29) is 12.7 Å². The third-order valence-corrected chi connectivity index (χ3v) is 6.44. The molecule has 1 aromatic carbocycles. The summed E-state index contributed by atoms with van der Waals surface area (Å²) in [5.74, 6) is 0.372. The van der Waals surface area contributed by atoms with Gasteiger partial charge in [0.25, 0.3) is 0 Å². The quantitative estimate of drug-likeness (QED) is 0.858. The largest absolute Gasteiger partial charge is 0.447 e. The maximum Gasteiger partial charge on any atom is 0.409 e. The van der Waals surface area contributed by atoms with Gasteiger partial charge < -0.3 is 14.7 Å². The van der Waals surface area contributed by atoms with E-state index in [1.54, 1.807) is 16.2 Å². The molecule has 5 nitrogen and oxygen atoms in total. The van der Waals surface area contributed by atoms with E-state index < -0.39 is 6.10 Å². The van der Waals surface area contributed by atoms with Gasteiger partial charge in [-0.1, -0.05) is 30.3 Å². The van der Waals surface area contributed by atoms with E-state index in [4.69, 9.17) is 4.74 Å². The molecule has 0 spiro atoms. The lowest BCUT2D eigenvalue weighted by Crippen LogP contribution is -2.39. The summed E-state index contributed by atoms with van der Waals surface area (Å²) in [7, 11) is 0. The normalized spacial score (nSPS) is 21.1. The van der Waals surface area contributed by atoms with Crippen LogP contribution in [-0.4, -0.2) is 59.9 Å². The highest BCUT2D eigenvalue weighted by molar-refractivity contribution is 7.10. The molecule has 0 bridgehead atoms. The zero-order chi connectivity index (χ0) is 18.6. The number of thiophene rings is 1. The van der Waals surface area contributed by atoms with Crippen LogP contribution in [0.1, 0.15) is 28.3 Å². The lowest BCUT2D eigenvalue weighted by atomic mass is 9.99. The first-order chi connectivity index (χ1) is 13.2. The number of nitrogens with zero attached hydrogens (tertiary/aromatic N) is 2. The Morgan fingerprint density at radius 3 is 2.96 bits per heavy atom. The van der Waals surface area contributed by atoms with Crippen molar-refractivity contribution in [2.24, 2.45) is 0 Å². The predicted molar refractivity (Wildman–Crippen MR) is 106 cm³/mol. The summed E-state index contributed by atoms with van der Waals surface area (Å²) < 4.78 is 5.38. The van der Waals surface area contributed by atoms with Crippen molar-refractivity contribution < 1.29 is 14.6 Å². The first-order valence-corrected chi connectivity index (χ1v) is 10.5. The van der Waals surface area contributed by atoms with Gasteiger partial charge in [-0.3, -0.25) is 4.90 Å². The molecule has 2 unspecified atom stereocenters. The number of amides is 1. The van der Waals surface area contributed by atoms with Gasteiger partial charge in [-0.15, -0.1) is 11.3 Å². The molecule has 0 aliphatic carbocycles. The molecular weight excluding hydrogens is 360 g/mol. The third kappa shape index (κ3) is 4.51. The number of rotatable bonds is 5. The highest BCUT2D eigenvalue weighted by Crippen LogP contribution is 2.27. The molecule has 2 atom stereocenters. The van der Waals surface area contributed by atoms with E-state index in [0.29, 0.717) is 25.6 Å². The Kier molecular flexibility index (Phi) is 5.76. The Morgan fingerprint density at radius 1 is 1.26 bits per heavy atom. The van der Waals surface area contributed by atoms with Crippen LogP contribution in [0.15, 0.2) is 41.8 Å². The lowest BCUT2D eigenvalue weighted by Gasteiger charge is -2.28. The average Bonchev–Trinajstić information content (AvgIpc) is 3.36. The predicted octanol–water partition coefficient (Wildman–Crippen LogP) is 3.09. The van der Waals surface area contributed by atoms with Crippen LogP contribution in [0.3, 0.4) is 0 Å². The van der Waals surface area contributed by atoms with E-state index in [1.165, 1.54) is 16.0 Å². The van der Waals surface area contributed by atoms with Gasteiger partial charge in [0.1, 0.15) is 12.7 Å². The molecule has 144 valence electrons. The van der Waals surface area contributed by atoms with Gasteiger partial charge in [-0.2, -0.15) is 0 Å². The Balaban J connectivity index is 1.20. The van der Waals surface area contributed by atoms with Crippen LogP contribution in [0.25, 0.3) is 0 Å². The molecule has 1 saturated heterocycles. The van der Waals surface area contributed by atoms with Gasteiger partial charge in [0.2, 0.25) is 0 Å².